The fourth-order valence-electron chi connectivity index (χ4n) is 2.88. The molecule has 29 heavy (non-hydrogen) atoms. The van der Waals surface area contributed by atoms with Crippen molar-refractivity contribution in [1.82, 2.24) is 5.32 Å². The SMILES string of the molecule is O=C1NC(=S)N(c2cccc(Br)c2)C(=O)/C1=C/c1ccc(-c2cccc(Cl)c2)o1. The van der Waals surface area contributed by atoms with Crippen LogP contribution in [0, 0.1) is 0 Å². The van der Waals surface area contributed by atoms with E-state index in [1.807, 2.05) is 18.2 Å². The van der Waals surface area contributed by atoms with Crippen LogP contribution in [-0.4, -0.2) is 16.9 Å². The molecule has 1 N–H and O–H groups in total. The van der Waals surface area contributed by atoms with Crippen LogP contribution in [0.25, 0.3) is 17.4 Å². The monoisotopic (exact) mass is 486 g/mol. The van der Waals surface area contributed by atoms with Crippen molar-refractivity contribution in [2.24, 2.45) is 0 Å². The Hall–Kier alpha value is -2.74. The number of furan rings is 1. The fraction of sp³-hybridized carbons (Fsp3) is 0. The van der Waals surface area contributed by atoms with Gasteiger partial charge in [0.05, 0.1) is 5.69 Å². The highest BCUT2D eigenvalue weighted by Gasteiger charge is 2.34. The average Bonchev–Trinajstić information content (AvgIpc) is 3.14. The van der Waals surface area contributed by atoms with E-state index >= 15 is 0 Å². The molecule has 1 saturated heterocycles. The molecule has 3 aromatic rings. The van der Waals surface area contributed by atoms with Crippen molar-refractivity contribution in [2.45, 2.75) is 0 Å². The van der Waals surface area contributed by atoms with Gasteiger partial charge in [-0.3, -0.25) is 19.8 Å². The first-order valence-electron chi connectivity index (χ1n) is 8.45. The largest absolute Gasteiger partial charge is 0.457 e. The zero-order chi connectivity index (χ0) is 20.5. The fourth-order valence-corrected chi connectivity index (χ4v) is 3.74. The summed E-state index contributed by atoms with van der Waals surface area (Å²) in [6.45, 7) is 0. The van der Waals surface area contributed by atoms with Crippen LogP contribution in [0.3, 0.4) is 0 Å². The lowest BCUT2D eigenvalue weighted by atomic mass is 10.1. The van der Waals surface area contributed by atoms with Crippen molar-refractivity contribution in [3.8, 4) is 11.3 Å². The molecule has 0 unspecified atom stereocenters. The van der Waals surface area contributed by atoms with Gasteiger partial charge >= 0.3 is 0 Å². The van der Waals surface area contributed by atoms with Crippen molar-refractivity contribution in [1.29, 1.82) is 0 Å². The highest BCUT2D eigenvalue weighted by Crippen LogP contribution is 2.28. The third-order valence-corrected chi connectivity index (χ3v) is 5.20. The number of anilines is 1. The van der Waals surface area contributed by atoms with Gasteiger partial charge in [-0.25, -0.2) is 0 Å². The number of hydrogen-bond donors (Lipinski definition) is 1. The van der Waals surface area contributed by atoms with Gasteiger partial charge in [-0.2, -0.15) is 0 Å². The van der Waals surface area contributed by atoms with E-state index in [-0.39, 0.29) is 10.7 Å². The summed E-state index contributed by atoms with van der Waals surface area (Å²) < 4.78 is 6.57. The average molecular weight is 488 g/mol. The molecule has 1 aliphatic rings. The van der Waals surface area contributed by atoms with E-state index in [4.69, 9.17) is 28.2 Å². The second-order valence-electron chi connectivity index (χ2n) is 6.15. The molecule has 1 aliphatic heterocycles. The number of carbonyl (C=O) groups excluding carboxylic acids is 2. The number of benzene rings is 2. The number of thiocarbonyl (C=S) groups is 1. The molecule has 2 aromatic carbocycles. The number of carbonyl (C=O) groups is 2. The molecule has 0 atom stereocenters. The predicted octanol–water partition coefficient (Wildman–Crippen LogP) is 5.19. The molecule has 144 valence electrons. The molecule has 4 rings (SSSR count). The van der Waals surface area contributed by atoms with Crippen LogP contribution >= 0.6 is 39.7 Å². The van der Waals surface area contributed by atoms with Crippen LogP contribution in [0.1, 0.15) is 5.76 Å². The highest BCUT2D eigenvalue weighted by atomic mass is 79.9. The Morgan fingerprint density at radius 1 is 1.07 bits per heavy atom. The van der Waals surface area contributed by atoms with Crippen LogP contribution in [-0.2, 0) is 9.59 Å². The smallest absolute Gasteiger partial charge is 0.270 e. The van der Waals surface area contributed by atoms with Crippen LogP contribution in [0.5, 0.6) is 0 Å². The Morgan fingerprint density at radius 3 is 2.62 bits per heavy atom. The Bertz CT molecular complexity index is 1190. The zero-order valence-corrected chi connectivity index (χ0v) is 17.8. The standard InChI is InChI=1S/C21H12BrClN2O3S/c22-13-4-2-6-15(10-13)25-20(27)17(19(26)24-21(25)29)11-16-7-8-18(28-16)12-3-1-5-14(23)9-12/h1-11H,(H,24,26,29)/b17-11+. The maximum Gasteiger partial charge on any atom is 0.270 e. The normalized spacial score (nSPS) is 15.7. The first-order chi connectivity index (χ1) is 13.9. The molecule has 2 amide bonds. The Kier molecular flexibility index (Phi) is 5.36. The summed E-state index contributed by atoms with van der Waals surface area (Å²) in [5.74, 6) is -0.174. The summed E-state index contributed by atoms with van der Waals surface area (Å²) in [7, 11) is 0. The summed E-state index contributed by atoms with van der Waals surface area (Å²) in [5.41, 5.74) is 1.25. The van der Waals surface area contributed by atoms with Crippen LogP contribution < -0.4 is 10.2 Å². The van der Waals surface area contributed by atoms with E-state index in [1.54, 1.807) is 42.5 Å². The minimum atomic E-state index is -0.577. The van der Waals surface area contributed by atoms with Crippen molar-refractivity contribution in [3.63, 3.8) is 0 Å². The summed E-state index contributed by atoms with van der Waals surface area (Å²) in [6, 6.07) is 17.7. The summed E-state index contributed by atoms with van der Waals surface area (Å²) in [4.78, 5) is 26.7. The zero-order valence-electron chi connectivity index (χ0n) is 14.7. The first-order valence-corrected chi connectivity index (χ1v) is 10.0. The van der Waals surface area contributed by atoms with Gasteiger partial charge in [0.2, 0.25) is 0 Å². The lowest BCUT2D eigenvalue weighted by Crippen LogP contribution is -2.54. The van der Waals surface area contributed by atoms with E-state index in [1.165, 1.54) is 11.0 Å². The molecule has 1 fully saturated rings. The van der Waals surface area contributed by atoms with Gasteiger partial charge in [-0.05, 0) is 60.8 Å². The number of rotatable bonds is 3. The molecular formula is C21H12BrClN2O3S. The van der Waals surface area contributed by atoms with Gasteiger partial charge in [-0.15, -0.1) is 0 Å². The minimum Gasteiger partial charge on any atom is -0.457 e. The molecule has 0 saturated carbocycles. The second-order valence-corrected chi connectivity index (χ2v) is 7.89. The van der Waals surface area contributed by atoms with Crippen molar-refractivity contribution in [2.75, 3.05) is 4.90 Å². The number of amides is 2. The Balaban J connectivity index is 1.68. The van der Waals surface area contributed by atoms with Gasteiger partial charge in [0.1, 0.15) is 17.1 Å². The minimum absolute atomic E-state index is 0.0225. The number of hydrogen-bond acceptors (Lipinski definition) is 4. The second kappa shape index (κ2) is 7.94. The van der Waals surface area contributed by atoms with Gasteiger partial charge in [0, 0.05) is 15.1 Å². The van der Waals surface area contributed by atoms with Crippen LogP contribution in [0.15, 0.2) is 75.1 Å². The molecular weight excluding hydrogens is 476 g/mol. The third-order valence-electron chi connectivity index (χ3n) is 4.19. The number of nitrogens with zero attached hydrogens (tertiary/aromatic N) is 1. The summed E-state index contributed by atoms with van der Waals surface area (Å²) in [6.07, 6.45) is 1.40. The molecule has 0 spiro atoms. The lowest BCUT2D eigenvalue weighted by molar-refractivity contribution is -0.122. The van der Waals surface area contributed by atoms with Gasteiger partial charge in [0.25, 0.3) is 11.8 Å². The molecule has 5 nitrogen and oxygen atoms in total. The van der Waals surface area contributed by atoms with Crippen LogP contribution in [0.4, 0.5) is 5.69 Å². The molecule has 2 heterocycles. The number of halogens is 2. The van der Waals surface area contributed by atoms with E-state index in [0.717, 1.165) is 10.0 Å². The Labute approximate surface area is 185 Å². The van der Waals surface area contributed by atoms with E-state index in [0.29, 0.717) is 22.2 Å². The highest BCUT2D eigenvalue weighted by molar-refractivity contribution is 9.10. The van der Waals surface area contributed by atoms with Crippen molar-refractivity contribution in [3.05, 3.63) is 81.5 Å². The number of nitrogens with one attached hydrogen (secondary N) is 1. The van der Waals surface area contributed by atoms with Crippen molar-refractivity contribution < 1.29 is 14.0 Å². The van der Waals surface area contributed by atoms with Crippen molar-refractivity contribution >= 4 is 68.4 Å². The topological polar surface area (TPSA) is 62.6 Å². The predicted molar refractivity (Wildman–Crippen MR) is 119 cm³/mol. The maximum atomic E-state index is 13.0. The molecule has 1 aromatic heterocycles. The van der Waals surface area contributed by atoms with Gasteiger partial charge in [0.15, 0.2) is 5.11 Å². The molecule has 8 heteroatoms. The van der Waals surface area contributed by atoms with Crippen LogP contribution in [0.2, 0.25) is 5.02 Å². The quantitative estimate of drug-likeness (QED) is 0.314. The summed E-state index contributed by atoms with van der Waals surface area (Å²) >= 11 is 14.6. The molecule has 0 radical (unpaired) electrons. The Morgan fingerprint density at radius 2 is 1.86 bits per heavy atom. The van der Waals surface area contributed by atoms with Gasteiger partial charge < -0.3 is 4.42 Å². The lowest BCUT2D eigenvalue weighted by Gasteiger charge is -2.28. The van der Waals surface area contributed by atoms with E-state index in [2.05, 4.69) is 21.2 Å². The first kappa shape index (κ1) is 19.6. The maximum absolute atomic E-state index is 13.0. The van der Waals surface area contributed by atoms with E-state index in [9.17, 15) is 9.59 Å². The van der Waals surface area contributed by atoms with Gasteiger partial charge in [-0.1, -0.05) is 45.7 Å². The third kappa shape index (κ3) is 4.03. The van der Waals surface area contributed by atoms with E-state index < -0.39 is 11.8 Å². The summed E-state index contributed by atoms with van der Waals surface area (Å²) in [5, 5.41) is 3.15. The molecule has 0 aliphatic carbocycles. The molecule has 0 bridgehead atoms.